The van der Waals surface area contributed by atoms with E-state index in [4.69, 9.17) is 32.8 Å². The number of carbonyl (C=O) groups is 1. The molecule has 8 N–H and O–H groups in total. The molecule has 2 fully saturated rings. The van der Waals surface area contributed by atoms with Gasteiger partial charge in [0.25, 0.3) is 0 Å². The molecule has 1 aromatic heterocycles. The first-order valence-corrected chi connectivity index (χ1v) is 13.8. The number of hydrogen-bond donors (Lipinski definition) is 8. The van der Waals surface area contributed by atoms with Crippen LogP contribution in [0.25, 0.3) is 22.3 Å². The molecule has 17 heteroatoms. The third-order valence-electron chi connectivity index (χ3n) is 7.69. The molecule has 0 aliphatic carbocycles. The van der Waals surface area contributed by atoms with Crippen molar-refractivity contribution in [2.75, 3.05) is 14.2 Å². The molecule has 3 aromatic rings. The molecule has 17 nitrogen and oxygen atoms in total. The average Bonchev–Trinajstić information content (AvgIpc) is 3.01. The number of aromatic hydroxyl groups is 2. The van der Waals surface area contributed by atoms with Crippen molar-refractivity contribution in [1.82, 2.24) is 0 Å². The molecule has 0 radical (unpaired) electrons. The quantitative estimate of drug-likeness (QED) is 0.145. The van der Waals surface area contributed by atoms with Crippen LogP contribution in [0.4, 0.5) is 0 Å². The van der Waals surface area contributed by atoms with Gasteiger partial charge < -0.3 is 73.7 Å². The smallest absolute Gasteiger partial charge is 0.335 e. The molecule has 3 heterocycles. The lowest BCUT2D eigenvalue weighted by atomic mass is 9.97. The summed E-state index contributed by atoms with van der Waals surface area (Å²) in [7, 11) is 2.61. The van der Waals surface area contributed by atoms with E-state index in [0.717, 1.165) is 18.2 Å². The number of methoxy groups -OCH3 is 2. The number of benzene rings is 2. The van der Waals surface area contributed by atoms with Crippen LogP contribution in [0.5, 0.6) is 28.7 Å². The van der Waals surface area contributed by atoms with E-state index in [0.29, 0.717) is 0 Å². The van der Waals surface area contributed by atoms with Gasteiger partial charge in [0.05, 0.1) is 20.3 Å². The van der Waals surface area contributed by atoms with Crippen molar-refractivity contribution >= 4 is 16.9 Å². The summed E-state index contributed by atoms with van der Waals surface area (Å²) in [5.41, 5.74) is -0.650. The molecule has 2 aliphatic heterocycles. The first kappa shape index (κ1) is 33.2. The zero-order valence-electron chi connectivity index (χ0n) is 24.4. The monoisotopic (exact) mass is 652 g/mol. The summed E-state index contributed by atoms with van der Waals surface area (Å²) in [6.07, 6.45) is -17.6. The number of phenols is 2. The Balaban J connectivity index is 1.52. The predicted molar refractivity (Wildman–Crippen MR) is 151 cm³/mol. The fourth-order valence-electron chi connectivity index (χ4n) is 5.18. The maximum Gasteiger partial charge on any atom is 0.335 e. The van der Waals surface area contributed by atoms with Crippen LogP contribution in [0, 0.1) is 0 Å². The van der Waals surface area contributed by atoms with E-state index < -0.39 is 78.6 Å². The summed E-state index contributed by atoms with van der Waals surface area (Å²) in [6.45, 7) is 1.37. The zero-order chi connectivity index (χ0) is 33.6. The summed E-state index contributed by atoms with van der Waals surface area (Å²) in [5, 5.41) is 82.2. The summed E-state index contributed by atoms with van der Waals surface area (Å²) in [6, 6.07) is 5.96. The number of aliphatic carboxylic acids is 1. The number of fused-ring (bicyclic) bond motifs is 1. The Morgan fingerprint density at radius 3 is 2.07 bits per heavy atom. The summed E-state index contributed by atoms with van der Waals surface area (Å²) in [4.78, 5) is 24.8. The van der Waals surface area contributed by atoms with Crippen molar-refractivity contribution < 1.29 is 78.5 Å². The van der Waals surface area contributed by atoms with Gasteiger partial charge in [0.1, 0.15) is 58.7 Å². The van der Waals surface area contributed by atoms with E-state index in [1.165, 1.54) is 33.3 Å². The largest absolute Gasteiger partial charge is 0.507 e. The number of hydrogen-bond acceptors (Lipinski definition) is 16. The van der Waals surface area contributed by atoms with Gasteiger partial charge in [-0.25, -0.2) is 4.79 Å². The van der Waals surface area contributed by atoms with Gasteiger partial charge in [0.15, 0.2) is 35.4 Å². The molecule has 250 valence electrons. The van der Waals surface area contributed by atoms with E-state index in [-0.39, 0.29) is 45.3 Å². The topological polar surface area (TPSA) is 264 Å². The minimum absolute atomic E-state index is 0.00901. The summed E-state index contributed by atoms with van der Waals surface area (Å²) >= 11 is 0. The molecule has 2 aliphatic rings. The Hall–Kier alpha value is -4.20. The Morgan fingerprint density at radius 1 is 0.804 bits per heavy atom. The van der Waals surface area contributed by atoms with E-state index in [2.05, 4.69) is 0 Å². The van der Waals surface area contributed by atoms with Gasteiger partial charge in [0, 0.05) is 23.8 Å². The summed E-state index contributed by atoms with van der Waals surface area (Å²) < 4.78 is 38.4. The lowest BCUT2D eigenvalue weighted by molar-refractivity contribution is -0.351. The molecule has 2 aromatic carbocycles. The van der Waals surface area contributed by atoms with E-state index in [1.807, 2.05) is 0 Å². The van der Waals surface area contributed by atoms with Crippen molar-refractivity contribution in [2.45, 2.75) is 68.3 Å². The number of aliphatic hydroxyl groups is 5. The van der Waals surface area contributed by atoms with Crippen LogP contribution in [0.2, 0.25) is 0 Å². The number of aliphatic hydroxyl groups excluding tert-OH is 5. The van der Waals surface area contributed by atoms with Crippen LogP contribution in [-0.2, 0) is 19.0 Å². The third-order valence-corrected chi connectivity index (χ3v) is 7.69. The van der Waals surface area contributed by atoms with Gasteiger partial charge in [-0.3, -0.25) is 4.79 Å². The van der Waals surface area contributed by atoms with Crippen LogP contribution in [0.3, 0.4) is 0 Å². The Kier molecular flexibility index (Phi) is 9.30. The van der Waals surface area contributed by atoms with Crippen LogP contribution in [0.15, 0.2) is 39.5 Å². The standard InChI is InChI=1S/C29H32O17/c1-9-19(32)21(34)24(37)28(42-9)46-26-23(36)22(35)25(27(38)39)45-29(26)43-11-6-12(30)18-13(31)8-14(44-15(18)7-11)10-4-16(40-2)20(33)17(5-10)41-3/h4-9,19,21-26,28-30,32-37H,1-3H3,(H,38,39)/t9-,19+,21+,22-,23+,24-,25-,26+,28+,29-/m1/s1. The van der Waals surface area contributed by atoms with Crippen molar-refractivity contribution in [1.29, 1.82) is 0 Å². The Morgan fingerprint density at radius 2 is 1.46 bits per heavy atom. The second-order valence-electron chi connectivity index (χ2n) is 10.7. The van der Waals surface area contributed by atoms with Gasteiger partial charge in [-0.05, 0) is 19.1 Å². The van der Waals surface area contributed by atoms with E-state index in [1.54, 1.807) is 0 Å². The number of carboxylic acids is 1. The maximum absolute atomic E-state index is 13.0. The fourth-order valence-corrected chi connectivity index (χ4v) is 5.18. The minimum atomic E-state index is -2.05. The molecule has 0 saturated carbocycles. The van der Waals surface area contributed by atoms with Gasteiger partial charge >= 0.3 is 5.97 Å². The van der Waals surface area contributed by atoms with Crippen LogP contribution in [0.1, 0.15) is 6.92 Å². The molecular formula is C29H32O17. The normalized spacial score (nSPS) is 31.4. The molecule has 0 spiro atoms. The molecule has 2 saturated heterocycles. The second kappa shape index (κ2) is 12.9. The molecule has 5 rings (SSSR count). The first-order valence-electron chi connectivity index (χ1n) is 13.8. The number of carboxylic acid groups (broad SMARTS) is 1. The zero-order valence-corrected chi connectivity index (χ0v) is 24.4. The Bertz CT molecular complexity index is 1630. The molecule has 46 heavy (non-hydrogen) atoms. The van der Waals surface area contributed by atoms with Crippen molar-refractivity contribution in [3.8, 4) is 40.1 Å². The van der Waals surface area contributed by atoms with Crippen LogP contribution >= 0.6 is 0 Å². The SMILES string of the molecule is COc1cc(-c2cc(=O)c3c(O)cc(O[C@@H]4O[C@@H](C(=O)O)[C@H](O)[C@H](O)[C@@H]4O[C@@H]4O[C@H](C)[C@H](O)[C@H](O)[C@H]4O)cc3o2)cc(OC)c1O. The number of ether oxygens (including phenoxy) is 6. The van der Waals surface area contributed by atoms with E-state index >= 15 is 0 Å². The number of rotatable bonds is 8. The molecule has 10 atom stereocenters. The van der Waals surface area contributed by atoms with Gasteiger partial charge in [-0.2, -0.15) is 0 Å². The Labute approximate surface area is 258 Å². The lowest BCUT2D eigenvalue weighted by Gasteiger charge is -2.45. The van der Waals surface area contributed by atoms with Crippen molar-refractivity contribution in [3.63, 3.8) is 0 Å². The second-order valence-corrected chi connectivity index (χ2v) is 10.7. The fraction of sp³-hybridized carbons (Fsp3) is 0.448. The lowest BCUT2D eigenvalue weighted by Crippen LogP contribution is -2.65. The summed E-state index contributed by atoms with van der Waals surface area (Å²) in [5.74, 6) is -2.89. The van der Waals surface area contributed by atoms with E-state index in [9.17, 15) is 50.4 Å². The highest BCUT2D eigenvalue weighted by Gasteiger charge is 2.52. The highest BCUT2D eigenvalue weighted by Crippen LogP contribution is 2.41. The molecule has 0 amide bonds. The third kappa shape index (κ3) is 6.02. The average molecular weight is 653 g/mol. The molecule has 0 unspecified atom stereocenters. The first-order chi connectivity index (χ1) is 21.7. The number of phenolic OH excluding ortho intramolecular Hbond substituents is 2. The molecular weight excluding hydrogens is 620 g/mol. The molecule has 0 bridgehead atoms. The van der Waals surface area contributed by atoms with Crippen molar-refractivity contribution in [3.05, 3.63) is 40.6 Å². The predicted octanol–water partition coefficient (Wildman–Crippen LogP) is -0.989. The highest BCUT2D eigenvalue weighted by molar-refractivity contribution is 5.86. The van der Waals surface area contributed by atoms with Crippen LogP contribution < -0.4 is 19.6 Å². The minimum Gasteiger partial charge on any atom is -0.507 e. The van der Waals surface area contributed by atoms with Crippen molar-refractivity contribution in [2.24, 2.45) is 0 Å². The van der Waals surface area contributed by atoms with Gasteiger partial charge in [-0.15, -0.1) is 0 Å². The highest BCUT2D eigenvalue weighted by atomic mass is 16.8. The van der Waals surface area contributed by atoms with Gasteiger partial charge in [0.2, 0.25) is 12.0 Å². The van der Waals surface area contributed by atoms with Gasteiger partial charge in [-0.1, -0.05) is 0 Å². The van der Waals surface area contributed by atoms with Crippen LogP contribution in [-0.4, -0.2) is 122 Å². The maximum atomic E-state index is 13.0.